The van der Waals surface area contributed by atoms with Gasteiger partial charge in [-0.15, -0.1) is 24.0 Å². The van der Waals surface area contributed by atoms with Gasteiger partial charge in [-0.05, 0) is 18.1 Å². The van der Waals surface area contributed by atoms with E-state index >= 15 is 0 Å². The summed E-state index contributed by atoms with van der Waals surface area (Å²) in [5.41, 5.74) is 6.98. The van der Waals surface area contributed by atoms with Gasteiger partial charge in [-0.3, -0.25) is 0 Å². The minimum absolute atomic E-state index is 0. The van der Waals surface area contributed by atoms with Crippen LogP contribution in [0.15, 0.2) is 29.3 Å². The monoisotopic (exact) mass is 361 g/mol. The van der Waals surface area contributed by atoms with Crippen molar-refractivity contribution in [3.8, 4) is 5.75 Å². The van der Waals surface area contributed by atoms with Crippen LogP contribution in [0.25, 0.3) is 0 Å². The van der Waals surface area contributed by atoms with Crippen molar-refractivity contribution in [3.05, 3.63) is 29.8 Å². The van der Waals surface area contributed by atoms with Gasteiger partial charge in [-0.2, -0.15) is 0 Å². The lowest BCUT2D eigenvalue weighted by molar-refractivity contribution is 0.242. The zero-order valence-corrected chi connectivity index (χ0v) is 12.9. The number of nitrogens with one attached hydrogen (secondary N) is 1. The van der Waals surface area contributed by atoms with Crippen molar-refractivity contribution < 1.29 is 4.74 Å². The molecular weight excluding hydrogens is 341 g/mol. The second-order valence-corrected chi connectivity index (χ2v) is 4.20. The number of hydrogen-bond acceptors (Lipinski definition) is 2. The van der Waals surface area contributed by atoms with Gasteiger partial charge in [0, 0.05) is 13.0 Å². The van der Waals surface area contributed by atoms with Gasteiger partial charge < -0.3 is 15.8 Å². The van der Waals surface area contributed by atoms with E-state index in [2.05, 4.69) is 23.3 Å². The number of fused-ring (bicyclic) bond motifs is 1. The first kappa shape index (κ1) is 15.1. The molecule has 4 nitrogen and oxygen atoms in total. The van der Waals surface area contributed by atoms with Crippen LogP contribution >= 0.6 is 24.0 Å². The standard InChI is InChI=1S/C13H19N3O.HI/c1-2-7-15-13(14)16-9-11-8-10-5-3-4-6-12(10)17-11;/h3-6,11H,2,7-9H2,1H3,(H3,14,15,16);1H. The molecule has 0 saturated carbocycles. The van der Waals surface area contributed by atoms with E-state index in [0.717, 1.165) is 25.1 Å². The normalized spacial score (nSPS) is 17.6. The molecule has 100 valence electrons. The summed E-state index contributed by atoms with van der Waals surface area (Å²) in [6.45, 7) is 3.56. The number of ether oxygens (including phenoxy) is 1. The van der Waals surface area contributed by atoms with Gasteiger partial charge >= 0.3 is 0 Å². The van der Waals surface area contributed by atoms with Crippen LogP contribution in [-0.4, -0.2) is 25.2 Å². The van der Waals surface area contributed by atoms with Crippen LogP contribution in [0, 0.1) is 0 Å². The molecule has 0 spiro atoms. The molecule has 1 aliphatic rings. The predicted molar refractivity (Wildman–Crippen MR) is 84.8 cm³/mol. The third-order valence-electron chi connectivity index (χ3n) is 2.74. The molecule has 0 bridgehead atoms. The highest BCUT2D eigenvalue weighted by Crippen LogP contribution is 2.27. The van der Waals surface area contributed by atoms with Crippen molar-refractivity contribution in [1.29, 1.82) is 0 Å². The van der Waals surface area contributed by atoms with E-state index in [1.54, 1.807) is 0 Å². The molecule has 1 heterocycles. The van der Waals surface area contributed by atoms with Crippen molar-refractivity contribution >= 4 is 29.9 Å². The van der Waals surface area contributed by atoms with Crippen LogP contribution in [0.5, 0.6) is 5.75 Å². The Hall–Kier alpha value is -0.980. The van der Waals surface area contributed by atoms with Crippen molar-refractivity contribution in [3.63, 3.8) is 0 Å². The molecule has 18 heavy (non-hydrogen) atoms. The number of benzene rings is 1. The zero-order valence-electron chi connectivity index (χ0n) is 10.6. The van der Waals surface area contributed by atoms with Gasteiger partial charge in [-0.25, -0.2) is 4.99 Å². The third-order valence-corrected chi connectivity index (χ3v) is 2.74. The van der Waals surface area contributed by atoms with Crippen molar-refractivity contribution in [2.75, 3.05) is 13.1 Å². The minimum Gasteiger partial charge on any atom is -0.488 e. The van der Waals surface area contributed by atoms with Crippen molar-refractivity contribution in [2.24, 2.45) is 10.7 Å². The van der Waals surface area contributed by atoms with Crippen LogP contribution in [0.1, 0.15) is 18.9 Å². The summed E-state index contributed by atoms with van der Waals surface area (Å²) in [5, 5.41) is 3.05. The smallest absolute Gasteiger partial charge is 0.188 e. The largest absolute Gasteiger partial charge is 0.488 e. The van der Waals surface area contributed by atoms with Crippen LogP contribution in [0.3, 0.4) is 0 Å². The molecule has 1 unspecified atom stereocenters. The van der Waals surface area contributed by atoms with E-state index in [-0.39, 0.29) is 30.1 Å². The number of para-hydroxylation sites is 1. The second kappa shape index (κ2) is 7.45. The maximum absolute atomic E-state index is 5.77. The Morgan fingerprint density at radius 2 is 2.28 bits per heavy atom. The molecule has 0 amide bonds. The molecule has 0 fully saturated rings. The number of nitrogens with two attached hydrogens (primary N) is 1. The number of guanidine groups is 1. The number of aliphatic imine (C=N–C) groups is 1. The van der Waals surface area contributed by atoms with Crippen LogP contribution in [0.2, 0.25) is 0 Å². The van der Waals surface area contributed by atoms with E-state index in [1.807, 2.05) is 18.2 Å². The highest BCUT2D eigenvalue weighted by molar-refractivity contribution is 14.0. The molecule has 0 radical (unpaired) electrons. The summed E-state index contributed by atoms with van der Waals surface area (Å²) < 4.78 is 5.77. The summed E-state index contributed by atoms with van der Waals surface area (Å²) >= 11 is 0. The average Bonchev–Trinajstić information content (AvgIpc) is 2.76. The van der Waals surface area contributed by atoms with Gasteiger partial charge in [0.15, 0.2) is 5.96 Å². The zero-order chi connectivity index (χ0) is 12.1. The van der Waals surface area contributed by atoms with E-state index in [4.69, 9.17) is 10.5 Å². The Kier molecular flexibility index (Phi) is 6.24. The maximum atomic E-state index is 5.77. The summed E-state index contributed by atoms with van der Waals surface area (Å²) in [5.74, 6) is 1.49. The fraction of sp³-hybridized carbons (Fsp3) is 0.462. The SMILES string of the molecule is CCCNC(N)=NCC1Cc2ccccc2O1.I. The van der Waals surface area contributed by atoms with E-state index in [9.17, 15) is 0 Å². The highest BCUT2D eigenvalue weighted by atomic mass is 127. The third kappa shape index (κ3) is 4.04. The first-order chi connectivity index (χ1) is 8.29. The Morgan fingerprint density at radius 3 is 3.00 bits per heavy atom. The van der Waals surface area contributed by atoms with Gasteiger partial charge in [0.25, 0.3) is 0 Å². The van der Waals surface area contributed by atoms with Gasteiger partial charge in [0.2, 0.25) is 0 Å². The topological polar surface area (TPSA) is 59.6 Å². The predicted octanol–water partition coefficient (Wildman–Crippen LogP) is 1.92. The molecule has 0 aliphatic carbocycles. The Morgan fingerprint density at radius 1 is 1.50 bits per heavy atom. The summed E-state index contributed by atoms with van der Waals surface area (Å²) in [7, 11) is 0. The average molecular weight is 361 g/mol. The molecule has 0 saturated heterocycles. The van der Waals surface area contributed by atoms with E-state index in [1.165, 1.54) is 5.56 Å². The molecule has 3 N–H and O–H groups in total. The number of nitrogens with zero attached hydrogens (tertiary/aromatic N) is 1. The lowest BCUT2D eigenvalue weighted by Crippen LogP contribution is -2.33. The lowest BCUT2D eigenvalue weighted by Gasteiger charge is -2.08. The highest BCUT2D eigenvalue weighted by Gasteiger charge is 2.21. The number of hydrogen-bond donors (Lipinski definition) is 2. The molecule has 1 aliphatic heterocycles. The fourth-order valence-electron chi connectivity index (χ4n) is 1.86. The lowest BCUT2D eigenvalue weighted by atomic mass is 10.1. The summed E-state index contributed by atoms with van der Waals surface area (Å²) in [6.07, 6.45) is 2.08. The molecule has 5 heteroatoms. The van der Waals surface area contributed by atoms with Crippen molar-refractivity contribution in [2.45, 2.75) is 25.9 Å². The summed E-state index contributed by atoms with van der Waals surface area (Å²) in [6, 6.07) is 8.11. The Balaban J connectivity index is 0.00000162. The first-order valence-corrected chi connectivity index (χ1v) is 6.08. The van der Waals surface area contributed by atoms with E-state index < -0.39 is 0 Å². The molecule has 1 atom stereocenters. The molecule has 1 aromatic rings. The van der Waals surface area contributed by atoms with Crippen LogP contribution in [-0.2, 0) is 6.42 Å². The Labute approximate surface area is 125 Å². The first-order valence-electron chi connectivity index (χ1n) is 6.08. The molecule has 1 aromatic carbocycles. The second-order valence-electron chi connectivity index (χ2n) is 4.20. The maximum Gasteiger partial charge on any atom is 0.188 e. The van der Waals surface area contributed by atoms with Gasteiger partial charge in [0.05, 0.1) is 6.54 Å². The quantitative estimate of drug-likeness (QED) is 0.490. The van der Waals surface area contributed by atoms with Crippen LogP contribution in [0.4, 0.5) is 0 Å². The van der Waals surface area contributed by atoms with Crippen LogP contribution < -0.4 is 15.8 Å². The minimum atomic E-state index is 0. The molecule has 0 aromatic heterocycles. The van der Waals surface area contributed by atoms with Crippen molar-refractivity contribution in [1.82, 2.24) is 5.32 Å². The van der Waals surface area contributed by atoms with Gasteiger partial charge in [0.1, 0.15) is 11.9 Å². The van der Waals surface area contributed by atoms with Gasteiger partial charge in [-0.1, -0.05) is 25.1 Å². The number of rotatable bonds is 4. The van der Waals surface area contributed by atoms with E-state index in [0.29, 0.717) is 12.5 Å². The molecule has 2 rings (SSSR count). The summed E-state index contributed by atoms with van der Waals surface area (Å²) in [4.78, 5) is 4.29. The number of halogens is 1. The fourth-order valence-corrected chi connectivity index (χ4v) is 1.86. The molecular formula is C13H20IN3O. The Bertz CT molecular complexity index is 384.